The molecule has 0 unspecified atom stereocenters. The lowest BCUT2D eigenvalue weighted by Gasteiger charge is -2.57. The average Bonchev–Trinajstić information content (AvgIpc) is 2.39. The number of hydrogen-bond donors (Lipinski definition) is 0. The summed E-state index contributed by atoms with van der Waals surface area (Å²) in [5.74, 6) is 2.96. The first-order chi connectivity index (χ1) is 9.12. The summed E-state index contributed by atoms with van der Waals surface area (Å²) in [6.45, 7) is 12.7. The summed E-state index contributed by atoms with van der Waals surface area (Å²) in [4.78, 5) is 0. The van der Waals surface area contributed by atoms with Gasteiger partial charge in [-0.05, 0) is 61.7 Å². The molecule has 0 aliphatic heterocycles. The molecule has 4 aliphatic carbocycles. The Balaban J connectivity index is 1.71. The van der Waals surface area contributed by atoms with Crippen molar-refractivity contribution in [3.05, 3.63) is 36.8 Å². The topological polar surface area (TPSA) is 9.23 Å². The van der Waals surface area contributed by atoms with Crippen LogP contribution in [0.5, 0.6) is 0 Å². The van der Waals surface area contributed by atoms with E-state index in [1.165, 1.54) is 38.5 Å². The van der Waals surface area contributed by atoms with Crippen molar-refractivity contribution in [2.24, 2.45) is 23.2 Å². The van der Waals surface area contributed by atoms with Crippen molar-refractivity contribution in [2.45, 2.75) is 38.5 Å². The van der Waals surface area contributed by atoms with Crippen molar-refractivity contribution >= 4 is 8.32 Å². The molecule has 0 radical (unpaired) electrons. The van der Waals surface area contributed by atoms with Gasteiger partial charge in [-0.15, -0.1) is 19.7 Å². The monoisotopic (exact) mass is 274 g/mol. The van der Waals surface area contributed by atoms with Gasteiger partial charge < -0.3 is 4.43 Å². The molecular weight excluding hydrogens is 248 g/mol. The molecule has 0 saturated heterocycles. The molecule has 0 heterocycles. The molecule has 0 atom stereocenters. The highest BCUT2D eigenvalue weighted by molar-refractivity contribution is 6.87. The van der Waals surface area contributed by atoms with Crippen LogP contribution >= 0.6 is 0 Å². The Labute approximate surface area is 118 Å². The van der Waals surface area contributed by atoms with Crippen molar-refractivity contribution in [3.63, 3.8) is 0 Å². The highest BCUT2D eigenvalue weighted by Gasteiger charge is 2.51. The number of hydrogen-bond acceptors (Lipinski definition) is 1. The Morgan fingerprint density at radius 1 is 0.895 bits per heavy atom. The summed E-state index contributed by atoms with van der Waals surface area (Å²) in [7, 11) is -2.08. The van der Waals surface area contributed by atoms with E-state index < -0.39 is 8.32 Å². The Morgan fingerprint density at radius 2 is 1.32 bits per heavy atom. The molecule has 0 spiro atoms. The number of rotatable bonds is 6. The lowest BCUT2D eigenvalue weighted by atomic mass is 9.50. The fourth-order valence-electron chi connectivity index (χ4n) is 5.17. The second-order valence-corrected chi connectivity index (χ2v) is 10.4. The zero-order valence-electron chi connectivity index (χ0n) is 11.9. The van der Waals surface area contributed by atoms with Crippen molar-refractivity contribution in [1.82, 2.24) is 0 Å². The molecule has 104 valence electrons. The van der Waals surface area contributed by atoms with Gasteiger partial charge in [-0.1, -0.05) is 17.1 Å². The summed E-state index contributed by atoms with van der Waals surface area (Å²) in [5.41, 5.74) is 6.33. The molecule has 0 aromatic heterocycles. The smallest absolute Gasteiger partial charge is 0.264 e. The maximum absolute atomic E-state index is 6.35. The fourth-order valence-corrected chi connectivity index (χ4v) is 6.58. The minimum atomic E-state index is -2.08. The van der Waals surface area contributed by atoms with E-state index in [1.54, 1.807) is 0 Å². The summed E-state index contributed by atoms with van der Waals surface area (Å²) in [6, 6.07) is 0. The predicted octanol–water partition coefficient (Wildman–Crippen LogP) is 4.34. The van der Waals surface area contributed by atoms with Crippen LogP contribution in [-0.4, -0.2) is 14.9 Å². The summed E-state index contributed by atoms with van der Waals surface area (Å²) >= 11 is 0. The molecule has 2 heteroatoms. The Morgan fingerprint density at radius 3 is 1.68 bits per heavy atom. The van der Waals surface area contributed by atoms with Gasteiger partial charge >= 0.3 is 0 Å². The highest BCUT2D eigenvalue weighted by atomic mass is 28.4. The fraction of sp³-hybridized carbons (Fsp3) is 0.647. The van der Waals surface area contributed by atoms with E-state index in [2.05, 4.69) is 19.7 Å². The standard InChI is InChI=1S/C17H26OSi/c1-4-19(5-2,6-3)18-13-17-10-14-7-15(11-17)9-16(8-14)12-17/h4-6,14-16H,1-3,7-13H2. The maximum atomic E-state index is 6.35. The molecule has 4 saturated carbocycles. The highest BCUT2D eigenvalue weighted by Crippen LogP contribution is 2.60. The first-order valence-corrected chi connectivity index (χ1v) is 9.81. The SMILES string of the molecule is C=C[Si](C=C)(C=C)OCC12CC3CC(CC(C3)C1)C2. The Bertz CT molecular complexity index is 341. The van der Waals surface area contributed by atoms with Crippen LogP contribution in [0.1, 0.15) is 38.5 Å². The molecule has 0 amide bonds. The third-order valence-corrected chi connectivity index (χ3v) is 8.31. The third-order valence-electron chi connectivity index (χ3n) is 5.75. The van der Waals surface area contributed by atoms with Crippen molar-refractivity contribution in [2.75, 3.05) is 6.61 Å². The van der Waals surface area contributed by atoms with Gasteiger partial charge in [0.1, 0.15) is 0 Å². The van der Waals surface area contributed by atoms with Crippen molar-refractivity contribution in [3.8, 4) is 0 Å². The Kier molecular flexibility index (Phi) is 3.34. The van der Waals surface area contributed by atoms with E-state index in [0.29, 0.717) is 5.41 Å². The average molecular weight is 274 g/mol. The van der Waals surface area contributed by atoms with Crippen LogP contribution in [0, 0.1) is 23.2 Å². The van der Waals surface area contributed by atoms with Gasteiger partial charge in [-0.2, -0.15) is 0 Å². The molecule has 0 aromatic rings. The lowest BCUT2D eigenvalue weighted by Crippen LogP contribution is -2.50. The van der Waals surface area contributed by atoms with Gasteiger partial charge in [-0.25, -0.2) is 0 Å². The molecule has 0 aromatic carbocycles. The summed E-state index contributed by atoms with van der Waals surface area (Å²) in [5, 5.41) is 0. The summed E-state index contributed by atoms with van der Waals surface area (Å²) in [6.07, 6.45) is 8.67. The minimum Gasteiger partial charge on any atom is -0.405 e. The van der Waals surface area contributed by atoms with Gasteiger partial charge in [0.15, 0.2) is 0 Å². The van der Waals surface area contributed by atoms with E-state index in [9.17, 15) is 0 Å². The third kappa shape index (κ3) is 2.29. The molecule has 4 fully saturated rings. The zero-order valence-corrected chi connectivity index (χ0v) is 12.9. The predicted molar refractivity (Wildman–Crippen MR) is 82.9 cm³/mol. The van der Waals surface area contributed by atoms with E-state index in [-0.39, 0.29) is 0 Å². The van der Waals surface area contributed by atoms with E-state index in [4.69, 9.17) is 4.43 Å². The first kappa shape index (κ1) is 13.4. The Hall–Kier alpha value is -0.603. The minimum absolute atomic E-state index is 0.474. The second kappa shape index (κ2) is 4.74. The molecule has 0 N–H and O–H groups in total. The van der Waals surface area contributed by atoms with Crippen LogP contribution in [0.25, 0.3) is 0 Å². The molecule has 19 heavy (non-hydrogen) atoms. The van der Waals surface area contributed by atoms with E-state index in [1.807, 2.05) is 17.1 Å². The van der Waals surface area contributed by atoms with Gasteiger partial charge in [0.05, 0.1) is 0 Å². The molecule has 1 nitrogen and oxygen atoms in total. The van der Waals surface area contributed by atoms with Gasteiger partial charge in [-0.3, -0.25) is 0 Å². The van der Waals surface area contributed by atoms with Gasteiger partial charge in [0.25, 0.3) is 8.32 Å². The first-order valence-electron chi connectivity index (χ1n) is 7.67. The van der Waals surface area contributed by atoms with Crippen LogP contribution in [0.3, 0.4) is 0 Å². The molecular formula is C17H26OSi. The second-order valence-electron chi connectivity index (χ2n) is 7.17. The molecule has 4 bridgehead atoms. The van der Waals surface area contributed by atoms with Gasteiger partial charge in [0, 0.05) is 6.61 Å². The van der Waals surface area contributed by atoms with E-state index >= 15 is 0 Å². The lowest BCUT2D eigenvalue weighted by molar-refractivity contribution is -0.0754. The largest absolute Gasteiger partial charge is 0.405 e. The van der Waals surface area contributed by atoms with Crippen LogP contribution in [0.4, 0.5) is 0 Å². The molecule has 4 rings (SSSR count). The van der Waals surface area contributed by atoms with Crippen LogP contribution in [0.15, 0.2) is 36.8 Å². The van der Waals surface area contributed by atoms with Crippen LogP contribution in [-0.2, 0) is 4.43 Å². The summed E-state index contributed by atoms with van der Waals surface area (Å²) < 4.78 is 6.35. The van der Waals surface area contributed by atoms with Crippen LogP contribution in [0.2, 0.25) is 0 Å². The van der Waals surface area contributed by atoms with Crippen LogP contribution < -0.4 is 0 Å². The van der Waals surface area contributed by atoms with E-state index in [0.717, 1.165) is 24.4 Å². The quantitative estimate of drug-likeness (QED) is 0.655. The normalized spacial score (nSPS) is 40.1. The van der Waals surface area contributed by atoms with Crippen molar-refractivity contribution < 1.29 is 4.43 Å². The maximum Gasteiger partial charge on any atom is 0.264 e. The van der Waals surface area contributed by atoms with Crippen molar-refractivity contribution in [1.29, 1.82) is 0 Å². The van der Waals surface area contributed by atoms with Gasteiger partial charge in [0.2, 0.25) is 0 Å². The zero-order chi connectivity index (χ0) is 13.5. The molecule has 4 aliphatic rings.